The lowest BCUT2D eigenvalue weighted by molar-refractivity contribution is -0.134. The largest absolute Gasteiger partial charge is 0.591 e. The number of ether oxygens (including phenoxy) is 1. The van der Waals surface area contributed by atoms with E-state index in [9.17, 15) is 9.35 Å². The van der Waals surface area contributed by atoms with Gasteiger partial charge in [0.05, 0.1) is 6.61 Å². The lowest BCUT2D eigenvalue weighted by Crippen LogP contribution is -2.26. The number of carbonyl (C=O) groups is 1. The molecular formula is C8H15NO3S. The first kappa shape index (κ1) is 12.4. The van der Waals surface area contributed by atoms with Crippen molar-refractivity contribution in [2.75, 3.05) is 6.61 Å². The van der Waals surface area contributed by atoms with Crippen LogP contribution in [-0.2, 0) is 20.9 Å². The number of hydrogen-bond donors (Lipinski definition) is 0. The summed E-state index contributed by atoms with van der Waals surface area (Å²) in [5.74, 6) is -0.555. The molecule has 13 heavy (non-hydrogen) atoms. The monoisotopic (exact) mass is 205 g/mol. The molecule has 0 aromatic heterocycles. The van der Waals surface area contributed by atoms with E-state index in [2.05, 4.69) is 9.13 Å². The van der Waals surface area contributed by atoms with Crippen LogP contribution in [0.3, 0.4) is 0 Å². The van der Waals surface area contributed by atoms with E-state index in [0.717, 1.165) is 6.21 Å². The molecule has 76 valence electrons. The molecule has 0 heterocycles. The summed E-state index contributed by atoms with van der Waals surface area (Å²) in [7, 11) is 0. The number of carbonyl (C=O) groups excluding carboxylic acids is 1. The van der Waals surface area contributed by atoms with Crippen molar-refractivity contribution in [2.45, 2.75) is 32.4 Å². The summed E-state index contributed by atoms with van der Waals surface area (Å²) in [6, 6.07) is 0. The van der Waals surface area contributed by atoms with Crippen LogP contribution in [0.25, 0.3) is 0 Å². The summed E-state index contributed by atoms with van der Waals surface area (Å²) in [5.41, 5.74) is 0. The molecule has 0 spiro atoms. The molecule has 1 unspecified atom stereocenters. The smallest absolute Gasteiger partial charge is 0.354 e. The van der Waals surface area contributed by atoms with Crippen molar-refractivity contribution in [3.63, 3.8) is 0 Å². The van der Waals surface area contributed by atoms with Gasteiger partial charge in [0.2, 0.25) is 0 Å². The lowest BCUT2D eigenvalue weighted by atomic mass is 10.3. The quantitative estimate of drug-likeness (QED) is 0.393. The van der Waals surface area contributed by atoms with E-state index in [-0.39, 0.29) is 0 Å². The Morgan fingerprint density at radius 2 is 2.15 bits per heavy atom. The van der Waals surface area contributed by atoms with Crippen molar-refractivity contribution < 1.29 is 14.1 Å². The molecule has 4 nitrogen and oxygen atoms in total. The van der Waals surface area contributed by atoms with Crippen LogP contribution in [0.4, 0.5) is 0 Å². The average molecular weight is 205 g/mol. The van der Waals surface area contributed by atoms with Gasteiger partial charge in [0, 0.05) is 0 Å². The number of nitrogens with zero attached hydrogens (tertiary/aromatic N) is 1. The van der Waals surface area contributed by atoms with Crippen molar-refractivity contribution in [2.24, 2.45) is 4.40 Å². The van der Waals surface area contributed by atoms with Gasteiger partial charge in [-0.2, -0.15) is 0 Å². The van der Waals surface area contributed by atoms with Gasteiger partial charge in [0.25, 0.3) is 0 Å². The molecule has 0 aliphatic heterocycles. The van der Waals surface area contributed by atoms with E-state index in [1.165, 1.54) is 0 Å². The van der Waals surface area contributed by atoms with Crippen LogP contribution in [0.1, 0.15) is 27.7 Å². The normalized spacial score (nSPS) is 14.5. The van der Waals surface area contributed by atoms with E-state index in [1.54, 1.807) is 27.7 Å². The molecule has 0 fully saturated rings. The van der Waals surface area contributed by atoms with E-state index >= 15 is 0 Å². The van der Waals surface area contributed by atoms with E-state index in [4.69, 9.17) is 0 Å². The summed E-state index contributed by atoms with van der Waals surface area (Å²) in [6.45, 7) is 7.35. The summed E-state index contributed by atoms with van der Waals surface area (Å²) in [4.78, 5) is 10.8. The van der Waals surface area contributed by atoms with Crippen molar-refractivity contribution in [1.82, 2.24) is 0 Å². The molecule has 0 saturated heterocycles. The molecule has 0 radical (unpaired) electrons. The zero-order valence-electron chi connectivity index (χ0n) is 8.36. The molecule has 0 aromatic rings. The van der Waals surface area contributed by atoms with Crippen molar-refractivity contribution in [1.29, 1.82) is 0 Å². The molecule has 0 amide bonds. The second-order valence-electron chi connectivity index (χ2n) is 3.35. The fourth-order valence-corrected chi connectivity index (χ4v) is 0.927. The maximum absolute atomic E-state index is 11.3. The molecule has 0 rings (SSSR count). The first-order valence-electron chi connectivity index (χ1n) is 4.00. The Kier molecular flexibility index (Phi) is 5.02. The Morgan fingerprint density at radius 3 is 2.54 bits per heavy atom. The topological polar surface area (TPSA) is 61.7 Å². The second-order valence-corrected chi connectivity index (χ2v) is 5.28. The Morgan fingerprint density at radius 1 is 1.62 bits per heavy atom. The van der Waals surface area contributed by atoms with E-state index in [1.807, 2.05) is 0 Å². The molecule has 0 bridgehead atoms. The van der Waals surface area contributed by atoms with Crippen molar-refractivity contribution in [3.8, 4) is 0 Å². The van der Waals surface area contributed by atoms with Gasteiger partial charge in [-0.1, -0.05) is 4.40 Å². The third-order valence-corrected chi connectivity index (χ3v) is 2.41. The molecule has 1 atom stereocenters. The van der Waals surface area contributed by atoms with Gasteiger partial charge < -0.3 is 9.29 Å². The van der Waals surface area contributed by atoms with E-state index < -0.39 is 22.1 Å². The molecular weight excluding hydrogens is 190 g/mol. The standard InChI is InChI=1S/C8H15NO3S/c1-5-12-7(10)6-9-13(11)8(2,3)4/h6H,5H2,1-4H3. The number of esters is 1. The summed E-state index contributed by atoms with van der Waals surface area (Å²) < 4.78 is 19.0. The van der Waals surface area contributed by atoms with Crippen LogP contribution in [0.5, 0.6) is 0 Å². The predicted octanol–water partition coefficient (Wildman–Crippen LogP) is 1.08. The van der Waals surface area contributed by atoms with Gasteiger partial charge in [-0.15, -0.1) is 0 Å². The molecule has 0 aliphatic rings. The van der Waals surface area contributed by atoms with Crippen LogP contribution >= 0.6 is 0 Å². The maximum Gasteiger partial charge on any atom is 0.354 e. The van der Waals surface area contributed by atoms with Crippen LogP contribution in [-0.4, -0.2) is 28.1 Å². The molecule has 5 heteroatoms. The predicted molar refractivity (Wildman–Crippen MR) is 53.0 cm³/mol. The minimum Gasteiger partial charge on any atom is -0.591 e. The van der Waals surface area contributed by atoms with Gasteiger partial charge in [0.15, 0.2) is 6.21 Å². The fourth-order valence-electron chi connectivity index (χ4n) is 0.429. The number of rotatable bonds is 3. The highest BCUT2D eigenvalue weighted by Crippen LogP contribution is 2.16. The van der Waals surface area contributed by atoms with Crippen molar-refractivity contribution >= 4 is 23.5 Å². The van der Waals surface area contributed by atoms with Gasteiger partial charge in [-0.05, 0) is 27.7 Å². The van der Waals surface area contributed by atoms with Crippen LogP contribution < -0.4 is 0 Å². The first-order valence-corrected chi connectivity index (χ1v) is 5.11. The summed E-state index contributed by atoms with van der Waals surface area (Å²) >= 11 is -1.39. The average Bonchev–Trinajstić information content (AvgIpc) is 1.99. The van der Waals surface area contributed by atoms with Crippen LogP contribution in [0.15, 0.2) is 4.40 Å². The van der Waals surface area contributed by atoms with Crippen LogP contribution in [0.2, 0.25) is 0 Å². The lowest BCUT2D eigenvalue weighted by Gasteiger charge is -2.17. The molecule has 0 aromatic carbocycles. The maximum atomic E-state index is 11.3. The highest BCUT2D eigenvalue weighted by Gasteiger charge is 2.26. The Hall–Kier alpha value is -0.550. The Balaban J connectivity index is 4.05. The Bertz CT molecular complexity index is 198. The number of hydrogen-bond acceptors (Lipinski definition) is 4. The zero-order valence-corrected chi connectivity index (χ0v) is 9.18. The minimum absolute atomic E-state index is 0.299. The van der Waals surface area contributed by atoms with Gasteiger partial charge >= 0.3 is 5.97 Å². The zero-order chi connectivity index (χ0) is 10.5. The summed E-state index contributed by atoms with van der Waals surface area (Å²) in [5, 5.41) is 0. The fraction of sp³-hybridized carbons (Fsp3) is 0.750. The third kappa shape index (κ3) is 5.65. The van der Waals surface area contributed by atoms with E-state index in [0.29, 0.717) is 6.61 Å². The minimum atomic E-state index is -1.39. The summed E-state index contributed by atoms with van der Waals surface area (Å²) in [6.07, 6.45) is 0.963. The highest BCUT2D eigenvalue weighted by molar-refractivity contribution is 7.91. The van der Waals surface area contributed by atoms with Gasteiger partial charge in [-0.3, -0.25) is 0 Å². The molecule has 0 saturated carbocycles. The molecule has 0 aliphatic carbocycles. The second kappa shape index (κ2) is 5.24. The highest BCUT2D eigenvalue weighted by atomic mass is 32.2. The van der Waals surface area contributed by atoms with Gasteiger partial charge in [-0.25, -0.2) is 4.79 Å². The van der Waals surface area contributed by atoms with Crippen molar-refractivity contribution in [3.05, 3.63) is 0 Å². The van der Waals surface area contributed by atoms with Gasteiger partial charge in [0.1, 0.15) is 16.1 Å². The first-order chi connectivity index (χ1) is 5.88. The molecule has 0 N–H and O–H groups in total. The Labute approximate surface area is 81.7 Å². The van der Waals surface area contributed by atoms with Crippen LogP contribution in [0, 0.1) is 0 Å². The SMILES string of the molecule is CCOC(=O)C=N[S+]([O-])C(C)(C)C. The third-order valence-electron chi connectivity index (χ3n) is 1.06.